The first-order valence-electron chi connectivity index (χ1n) is 11.2. The zero-order chi connectivity index (χ0) is 25.4. The van der Waals surface area contributed by atoms with Gasteiger partial charge in [0.05, 0.1) is 25.0 Å². The number of allylic oxidation sites excluding steroid dienone is 3. The summed E-state index contributed by atoms with van der Waals surface area (Å²) in [7, 11) is 2.57. The van der Waals surface area contributed by atoms with E-state index in [0.717, 1.165) is 44.5 Å². The Bertz CT molecular complexity index is 1130. The van der Waals surface area contributed by atoms with E-state index in [9.17, 15) is 9.59 Å². The van der Waals surface area contributed by atoms with Crippen LogP contribution in [0.2, 0.25) is 0 Å². The molecule has 0 unspecified atom stereocenters. The monoisotopic (exact) mass is 497 g/mol. The molecule has 0 atom stereocenters. The highest BCUT2D eigenvalue weighted by Crippen LogP contribution is 2.32. The standard InChI is InChI=1S/C24H27N5O3S.CH4O/c1-4-6-21(28-11-9-25-10-12-28)19(5-2)26-22(30)20-15-33-24(27-20)29-14-16-7-8-17(32-3)13-18(16)23(29)31;1-2/h4-8,13,15,25H,1,9-12,14H2,2-3H3,(H,26,30);2H,1H3/b19-5+,21-6+;. The van der Waals surface area contributed by atoms with E-state index in [1.807, 2.05) is 31.2 Å². The van der Waals surface area contributed by atoms with Crippen LogP contribution in [0.4, 0.5) is 5.13 Å². The van der Waals surface area contributed by atoms with Crippen molar-refractivity contribution in [2.24, 2.45) is 0 Å². The summed E-state index contributed by atoms with van der Waals surface area (Å²) in [5.41, 5.74) is 3.40. The molecule has 2 aromatic rings. The number of methoxy groups -OCH3 is 1. The van der Waals surface area contributed by atoms with Crippen molar-refractivity contribution in [3.8, 4) is 5.75 Å². The molecule has 3 heterocycles. The molecule has 3 N–H and O–H groups in total. The van der Waals surface area contributed by atoms with Gasteiger partial charge in [0, 0.05) is 44.2 Å². The summed E-state index contributed by atoms with van der Waals surface area (Å²) in [6.07, 6.45) is 5.50. The number of hydrogen-bond donors (Lipinski definition) is 3. The van der Waals surface area contributed by atoms with E-state index in [1.165, 1.54) is 11.3 Å². The van der Waals surface area contributed by atoms with Gasteiger partial charge in [0.2, 0.25) is 0 Å². The quantitative estimate of drug-likeness (QED) is 0.505. The number of nitrogens with zero attached hydrogens (tertiary/aromatic N) is 3. The second kappa shape index (κ2) is 12.3. The minimum absolute atomic E-state index is 0.144. The number of benzene rings is 1. The number of ether oxygens (including phenoxy) is 1. The van der Waals surface area contributed by atoms with Crippen molar-refractivity contribution in [3.05, 3.63) is 76.6 Å². The molecule has 0 aliphatic carbocycles. The van der Waals surface area contributed by atoms with Crippen LogP contribution in [0.25, 0.3) is 0 Å². The van der Waals surface area contributed by atoms with Crippen LogP contribution in [0, 0.1) is 0 Å². The van der Waals surface area contributed by atoms with E-state index in [4.69, 9.17) is 9.84 Å². The summed E-state index contributed by atoms with van der Waals surface area (Å²) in [6.45, 7) is 9.57. The number of anilines is 1. The van der Waals surface area contributed by atoms with Gasteiger partial charge in [0.1, 0.15) is 11.4 Å². The highest BCUT2D eigenvalue weighted by molar-refractivity contribution is 7.14. The van der Waals surface area contributed by atoms with E-state index in [-0.39, 0.29) is 17.5 Å². The van der Waals surface area contributed by atoms with Crippen LogP contribution in [-0.4, -0.2) is 67.2 Å². The average Bonchev–Trinajstić information content (AvgIpc) is 3.52. The molecule has 0 spiro atoms. The Morgan fingerprint density at radius 1 is 1.31 bits per heavy atom. The molecular weight excluding hydrogens is 466 g/mol. The van der Waals surface area contributed by atoms with Gasteiger partial charge < -0.3 is 25.4 Å². The van der Waals surface area contributed by atoms with E-state index < -0.39 is 0 Å². The molecule has 1 aromatic heterocycles. The summed E-state index contributed by atoms with van der Waals surface area (Å²) >= 11 is 1.27. The van der Waals surface area contributed by atoms with Crippen molar-refractivity contribution in [2.75, 3.05) is 45.3 Å². The maximum atomic E-state index is 13.0. The minimum Gasteiger partial charge on any atom is -0.497 e. The number of nitrogens with one attached hydrogen (secondary N) is 2. The molecule has 186 valence electrons. The van der Waals surface area contributed by atoms with Gasteiger partial charge in [-0.3, -0.25) is 14.5 Å². The van der Waals surface area contributed by atoms with Gasteiger partial charge in [-0.15, -0.1) is 11.3 Å². The topological polar surface area (TPSA) is 107 Å². The van der Waals surface area contributed by atoms with E-state index in [0.29, 0.717) is 28.7 Å². The van der Waals surface area contributed by atoms with Crippen molar-refractivity contribution < 1.29 is 19.4 Å². The Morgan fingerprint density at radius 2 is 2.06 bits per heavy atom. The third kappa shape index (κ3) is 5.79. The normalized spacial score (nSPS) is 15.8. The van der Waals surface area contributed by atoms with Crippen LogP contribution in [-0.2, 0) is 6.54 Å². The van der Waals surface area contributed by atoms with E-state index in [2.05, 4.69) is 27.1 Å². The molecule has 0 bridgehead atoms. The fourth-order valence-corrected chi connectivity index (χ4v) is 4.71. The predicted molar refractivity (Wildman–Crippen MR) is 138 cm³/mol. The minimum atomic E-state index is -0.318. The number of thiazole rings is 1. The van der Waals surface area contributed by atoms with Crippen molar-refractivity contribution in [1.29, 1.82) is 0 Å². The number of piperazine rings is 1. The van der Waals surface area contributed by atoms with Gasteiger partial charge in [0.15, 0.2) is 5.13 Å². The molecular formula is C25H31N5O4S. The second-order valence-electron chi connectivity index (χ2n) is 7.61. The number of aliphatic hydroxyl groups excluding tert-OH is 1. The lowest BCUT2D eigenvalue weighted by Gasteiger charge is -2.32. The third-order valence-corrected chi connectivity index (χ3v) is 6.49. The highest BCUT2D eigenvalue weighted by atomic mass is 32.1. The molecule has 1 fully saturated rings. The highest BCUT2D eigenvalue weighted by Gasteiger charge is 2.31. The molecule has 2 aliphatic rings. The zero-order valence-corrected chi connectivity index (χ0v) is 21.0. The van der Waals surface area contributed by atoms with Crippen molar-refractivity contribution in [2.45, 2.75) is 13.5 Å². The fraction of sp³-hybridized carbons (Fsp3) is 0.320. The second-order valence-corrected chi connectivity index (χ2v) is 8.45. The average molecular weight is 498 g/mol. The lowest BCUT2D eigenvalue weighted by Crippen LogP contribution is -2.44. The first-order chi connectivity index (χ1) is 17.0. The van der Waals surface area contributed by atoms with Crippen LogP contribution in [0.3, 0.4) is 0 Å². The Kier molecular flexibility index (Phi) is 9.18. The molecule has 0 radical (unpaired) electrons. The number of aliphatic hydroxyl groups is 1. The van der Waals surface area contributed by atoms with E-state index in [1.54, 1.807) is 29.5 Å². The molecule has 4 rings (SSSR count). The molecule has 2 aliphatic heterocycles. The number of hydrogen-bond acceptors (Lipinski definition) is 8. The van der Waals surface area contributed by atoms with Crippen LogP contribution in [0.15, 0.2) is 59.8 Å². The largest absolute Gasteiger partial charge is 0.497 e. The zero-order valence-electron chi connectivity index (χ0n) is 20.2. The Balaban J connectivity index is 0.00000167. The summed E-state index contributed by atoms with van der Waals surface area (Å²) in [5, 5.41) is 15.5. The van der Waals surface area contributed by atoms with Crippen LogP contribution < -0.4 is 20.3 Å². The number of fused-ring (bicyclic) bond motifs is 1. The van der Waals surface area contributed by atoms with Crippen LogP contribution in [0.1, 0.15) is 33.3 Å². The molecule has 2 amide bonds. The molecule has 9 nitrogen and oxygen atoms in total. The molecule has 10 heteroatoms. The molecule has 35 heavy (non-hydrogen) atoms. The smallest absolute Gasteiger partial charge is 0.275 e. The van der Waals surface area contributed by atoms with Crippen molar-refractivity contribution >= 4 is 28.3 Å². The fourth-order valence-electron chi connectivity index (χ4n) is 3.91. The summed E-state index contributed by atoms with van der Waals surface area (Å²) in [4.78, 5) is 34.2. The van der Waals surface area contributed by atoms with Crippen molar-refractivity contribution in [1.82, 2.24) is 20.5 Å². The van der Waals surface area contributed by atoms with E-state index >= 15 is 0 Å². The van der Waals surface area contributed by atoms with Crippen LogP contribution >= 0.6 is 11.3 Å². The summed E-state index contributed by atoms with van der Waals surface area (Å²) in [6, 6.07) is 5.46. The summed E-state index contributed by atoms with van der Waals surface area (Å²) < 4.78 is 5.23. The molecule has 0 saturated carbocycles. The maximum Gasteiger partial charge on any atom is 0.275 e. The number of amides is 2. The van der Waals surface area contributed by atoms with Gasteiger partial charge in [-0.1, -0.05) is 24.8 Å². The number of aromatic nitrogens is 1. The number of carbonyl (C=O) groups excluding carboxylic acids is 2. The van der Waals surface area contributed by atoms with Gasteiger partial charge in [-0.2, -0.15) is 0 Å². The Hall–Kier alpha value is -3.47. The van der Waals surface area contributed by atoms with Crippen LogP contribution in [0.5, 0.6) is 5.75 Å². The lowest BCUT2D eigenvalue weighted by atomic mass is 10.1. The molecule has 1 aromatic carbocycles. The van der Waals surface area contributed by atoms with Gasteiger partial charge in [-0.25, -0.2) is 4.98 Å². The summed E-state index contributed by atoms with van der Waals surface area (Å²) in [5.74, 6) is 0.172. The first kappa shape index (κ1) is 26.1. The SMILES string of the molecule is C=C/C=C(\C(=C/C)NC(=O)c1csc(N2Cc3ccc(OC)cc3C2=O)n1)N1CCNCC1.CO. The maximum absolute atomic E-state index is 13.0. The first-order valence-corrected chi connectivity index (χ1v) is 12.1. The molecule has 1 saturated heterocycles. The Labute approximate surface area is 209 Å². The Morgan fingerprint density at radius 3 is 2.71 bits per heavy atom. The number of rotatable bonds is 7. The van der Waals surface area contributed by atoms with Gasteiger partial charge in [0.25, 0.3) is 11.8 Å². The lowest BCUT2D eigenvalue weighted by molar-refractivity contribution is 0.0956. The third-order valence-electron chi connectivity index (χ3n) is 5.62. The van der Waals surface area contributed by atoms with Gasteiger partial charge in [-0.05, 0) is 30.7 Å². The predicted octanol–water partition coefficient (Wildman–Crippen LogP) is 2.53. The number of carbonyl (C=O) groups is 2. The van der Waals surface area contributed by atoms with Gasteiger partial charge >= 0.3 is 0 Å². The van der Waals surface area contributed by atoms with Crippen molar-refractivity contribution in [3.63, 3.8) is 0 Å².